The molecule has 0 heterocycles. The minimum Gasteiger partial charge on any atom is -0.303 e. The molecule has 0 aromatic heterocycles. The molecule has 0 aliphatic heterocycles. The lowest BCUT2D eigenvalue weighted by atomic mass is 10.5. The molecule has 17 heavy (non-hydrogen) atoms. The highest BCUT2D eigenvalue weighted by Crippen LogP contribution is 2.63. The van der Waals surface area contributed by atoms with E-state index in [0.29, 0.717) is 0 Å². The lowest BCUT2D eigenvalue weighted by molar-refractivity contribution is -0.0780. The number of alkyl halides is 3. The molecular formula is C6H12F3O6PS. The van der Waals surface area contributed by atoms with Gasteiger partial charge in [-0.3, -0.25) is 9.08 Å². The first-order chi connectivity index (χ1) is 7.41. The fraction of sp³-hybridized carbons (Fsp3) is 1.00. The van der Waals surface area contributed by atoms with E-state index < -0.39 is 42.1 Å². The number of hydrogen-bond acceptors (Lipinski definition) is 5. The van der Waals surface area contributed by atoms with Crippen LogP contribution in [0.4, 0.5) is 13.2 Å². The van der Waals surface area contributed by atoms with Gasteiger partial charge in [0, 0.05) is 0 Å². The molecule has 0 spiro atoms. The Bertz CT molecular complexity index is 391. The van der Waals surface area contributed by atoms with Gasteiger partial charge in [-0.2, -0.15) is 21.6 Å². The largest absolute Gasteiger partial charge is 0.493 e. The predicted octanol–water partition coefficient (Wildman–Crippen LogP) is 2.03. The number of rotatable bonds is 6. The molecule has 0 aliphatic rings. The first-order valence-corrected chi connectivity index (χ1v) is 7.51. The van der Waals surface area contributed by atoms with Gasteiger partial charge >= 0.3 is 13.5 Å². The Morgan fingerprint density at radius 1 is 1.41 bits per heavy atom. The van der Waals surface area contributed by atoms with Gasteiger partial charge in [0.15, 0.2) is 0 Å². The summed E-state index contributed by atoms with van der Waals surface area (Å²) in [6.07, 6.45) is -1.62. The van der Waals surface area contributed by atoms with Crippen molar-refractivity contribution >= 4 is 17.7 Å². The monoisotopic (exact) mass is 300 g/mol. The Balaban J connectivity index is 4.85. The third kappa shape index (κ3) is 5.82. The minimum atomic E-state index is -5.42. The lowest BCUT2D eigenvalue weighted by Gasteiger charge is -2.22. The summed E-state index contributed by atoms with van der Waals surface area (Å²) in [5.41, 5.74) is 0. The summed E-state index contributed by atoms with van der Waals surface area (Å²) < 4.78 is 85.7. The second kappa shape index (κ2) is 5.66. The molecule has 0 fully saturated rings. The molecule has 0 bridgehead atoms. The van der Waals surface area contributed by atoms with Gasteiger partial charge in [-0.15, -0.1) is 0 Å². The van der Waals surface area contributed by atoms with E-state index >= 15 is 0 Å². The van der Waals surface area contributed by atoms with Gasteiger partial charge < -0.3 is 4.52 Å². The summed E-state index contributed by atoms with van der Waals surface area (Å²) in [4.78, 5) is 0. The Morgan fingerprint density at radius 2 is 1.88 bits per heavy atom. The maximum atomic E-state index is 12.4. The second-order valence-electron chi connectivity index (χ2n) is 3.05. The van der Waals surface area contributed by atoms with E-state index in [0.717, 1.165) is 6.92 Å². The van der Waals surface area contributed by atoms with Gasteiger partial charge in [-0.05, 0) is 13.8 Å². The minimum absolute atomic E-state index is 0.518. The smallest absolute Gasteiger partial charge is 0.303 e. The van der Waals surface area contributed by atoms with E-state index in [2.05, 4.69) is 9.05 Å². The first-order valence-electron chi connectivity index (χ1n) is 4.36. The van der Waals surface area contributed by atoms with Crippen molar-refractivity contribution in [3.8, 4) is 0 Å². The van der Waals surface area contributed by atoms with Crippen LogP contribution in [0.3, 0.4) is 0 Å². The van der Waals surface area contributed by atoms with E-state index in [4.69, 9.17) is 4.55 Å². The van der Waals surface area contributed by atoms with E-state index in [-0.39, 0.29) is 0 Å². The molecule has 2 unspecified atom stereocenters. The van der Waals surface area contributed by atoms with Gasteiger partial charge in [0.05, 0.1) is 12.7 Å². The SMILES string of the molecule is CCOP(=O)(OC(C)CS(=O)(=O)O)C(F)(F)F. The van der Waals surface area contributed by atoms with Gasteiger partial charge in [-0.25, -0.2) is 4.57 Å². The van der Waals surface area contributed by atoms with Gasteiger partial charge in [-0.1, -0.05) is 0 Å². The van der Waals surface area contributed by atoms with Crippen LogP contribution in [0, 0.1) is 0 Å². The molecule has 2 atom stereocenters. The van der Waals surface area contributed by atoms with E-state index in [1.165, 1.54) is 6.92 Å². The number of halogens is 3. The molecule has 6 nitrogen and oxygen atoms in total. The molecule has 0 radical (unpaired) electrons. The Hall–Kier alpha value is -0.150. The van der Waals surface area contributed by atoms with Crippen molar-refractivity contribution in [3.05, 3.63) is 0 Å². The van der Waals surface area contributed by atoms with Crippen molar-refractivity contribution in [1.82, 2.24) is 0 Å². The van der Waals surface area contributed by atoms with Crippen LogP contribution in [0.5, 0.6) is 0 Å². The topological polar surface area (TPSA) is 89.9 Å². The normalized spacial score (nSPS) is 18.7. The standard InChI is InChI=1S/C6H12F3O6PS/c1-3-14-16(10,6(7,8)9)15-5(2)4-17(11,12)13/h5H,3-4H2,1-2H3,(H,11,12,13). The summed E-state index contributed by atoms with van der Waals surface area (Å²) in [5.74, 6) is -6.36. The summed E-state index contributed by atoms with van der Waals surface area (Å²) in [6, 6.07) is 0. The molecule has 0 rings (SSSR count). The third-order valence-electron chi connectivity index (χ3n) is 1.37. The average molecular weight is 300 g/mol. The van der Waals surface area contributed by atoms with Crippen molar-refractivity contribution in [3.63, 3.8) is 0 Å². The Labute approximate surface area is 96.4 Å². The van der Waals surface area contributed by atoms with Crippen LogP contribution in [-0.4, -0.2) is 37.4 Å². The van der Waals surface area contributed by atoms with E-state index in [1.54, 1.807) is 0 Å². The first kappa shape index (κ1) is 16.9. The fourth-order valence-electron chi connectivity index (χ4n) is 0.897. The lowest BCUT2D eigenvalue weighted by Crippen LogP contribution is -2.24. The van der Waals surface area contributed by atoms with Crippen LogP contribution >= 0.6 is 7.60 Å². The summed E-state index contributed by atoms with van der Waals surface area (Å²) >= 11 is 0. The Kier molecular flexibility index (Phi) is 5.61. The predicted molar refractivity (Wildman–Crippen MR) is 52.3 cm³/mol. The highest BCUT2D eigenvalue weighted by Gasteiger charge is 2.55. The maximum absolute atomic E-state index is 12.4. The van der Waals surface area contributed by atoms with Crippen molar-refractivity contribution in [1.29, 1.82) is 0 Å². The quantitative estimate of drug-likeness (QED) is 0.596. The molecule has 11 heteroatoms. The van der Waals surface area contributed by atoms with Crippen molar-refractivity contribution in [2.75, 3.05) is 12.4 Å². The van der Waals surface area contributed by atoms with Crippen LogP contribution in [0.15, 0.2) is 0 Å². The summed E-state index contributed by atoms with van der Waals surface area (Å²) in [6.45, 7) is 1.58. The number of hydrogen-bond donors (Lipinski definition) is 1. The molecular weight excluding hydrogens is 288 g/mol. The molecule has 0 aromatic carbocycles. The molecule has 0 amide bonds. The molecule has 104 valence electrons. The third-order valence-corrected chi connectivity index (χ3v) is 4.12. The second-order valence-corrected chi connectivity index (χ2v) is 6.52. The maximum Gasteiger partial charge on any atom is 0.493 e. The molecule has 0 saturated carbocycles. The van der Waals surface area contributed by atoms with Gasteiger partial charge in [0.25, 0.3) is 10.1 Å². The van der Waals surface area contributed by atoms with Crippen LogP contribution in [0.2, 0.25) is 0 Å². The van der Waals surface area contributed by atoms with Crippen molar-refractivity contribution in [2.24, 2.45) is 0 Å². The molecule has 1 N–H and O–H groups in total. The summed E-state index contributed by atoms with van der Waals surface area (Å²) in [5, 5.41) is 0. The highest BCUT2D eigenvalue weighted by molar-refractivity contribution is 7.85. The average Bonchev–Trinajstić information content (AvgIpc) is 1.97. The van der Waals surface area contributed by atoms with Gasteiger partial charge in [0.1, 0.15) is 5.75 Å². The van der Waals surface area contributed by atoms with Crippen LogP contribution < -0.4 is 0 Å². The van der Waals surface area contributed by atoms with Crippen molar-refractivity contribution < 1.29 is 39.8 Å². The molecule has 0 aliphatic carbocycles. The van der Waals surface area contributed by atoms with Crippen LogP contribution in [-0.2, 0) is 23.7 Å². The highest BCUT2D eigenvalue weighted by atomic mass is 32.2. The molecule has 0 saturated heterocycles. The van der Waals surface area contributed by atoms with Gasteiger partial charge in [0.2, 0.25) is 0 Å². The Morgan fingerprint density at radius 3 is 2.18 bits per heavy atom. The molecule has 0 aromatic rings. The summed E-state index contributed by atoms with van der Waals surface area (Å²) in [7, 11) is -9.95. The van der Waals surface area contributed by atoms with E-state index in [9.17, 15) is 26.2 Å². The fourth-order valence-corrected chi connectivity index (χ4v) is 2.87. The zero-order valence-electron chi connectivity index (χ0n) is 8.97. The van der Waals surface area contributed by atoms with Crippen LogP contribution in [0.1, 0.15) is 13.8 Å². The zero-order chi connectivity index (χ0) is 13.9. The van der Waals surface area contributed by atoms with Crippen LogP contribution in [0.25, 0.3) is 0 Å². The zero-order valence-corrected chi connectivity index (χ0v) is 10.7. The van der Waals surface area contributed by atoms with E-state index in [1.807, 2.05) is 0 Å². The van der Waals surface area contributed by atoms with Crippen molar-refractivity contribution in [2.45, 2.75) is 25.9 Å².